The Balaban J connectivity index is 2.56. The summed E-state index contributed by atoms with van der Waals surface area (Å²) in [6, 6.07) is 3.20. The second-order valence-corrected chi connectivity index (χ2v) is 10.3. The van der Waals surface area contributed by atoms with E-state index in [1.54, 1.807) is 37.9 Å². The molecule has 2 aromatic rings. The van der Waals surface area contributed by atoms with E-state index in [0.717, 1.165) is 23.1 Å². The Hall–Kier alpha value is -3.72. The highest BCUT2D eigenvalue weighted by Gasteiger charge is 2.28. The van der Waals surface area contributed by atoms with Gasteiger partial charge in [-0.2, -0.15) is 0 Å². The van der Waals surface area contributed by atoms with Crippen LogP contribution in [0.15, 0.2) is 23.8 Å². The fraction of sp³-hybridized carbons (Fsp3) is 0.467. The summed E-state index contributed by atoms with van der Waals surface area (Å²) in [5.74, 6) is -1.58. The number of hydrogen-bond acceptors (Lipinski definition) is 7. The molecule has 0 aliphatic rings. The molecule has 214 valence electrons. The molecule has 0 radical (unpaired) electrons. The number of likely N-dealkylation sites (N-methyl/N-ethyl adjacent to an activating group) is 1. The molecule has 2 rings (SSSR count). The summed E-state index contributed by atoms with van der Waals surface area (Å²) in [6.45, 7) is 13.8. The van der Waals surface area contributed by atoms with Crippen molar-refractivity contribution >= 4 is 11.9 Å². The van der Waals surface area contributed by atoms with Crippen molar-refractivity contribution in [3.63, 3.8) is 0 Å². The van der Waals surface area contributed by atoms with Crippen LogP contribution in [0.1, 0.15) is 66.5 Å². The minimum Gasteiger partial charge on any atom is -0.508 e. The highest BCUT2D eigenvalue weighted by Crippen LogP contribution is 2.38. The van der Waals surface area contributed by atoms with Crippen LogP contribution in [0.2, 0.25) is 0 Å². The van der Waals surface area contributed by atoms with Crippen LogP contribution >= 0.6 is 0 Å². The Morgan fingerprint density at radius 1 is 1.03 bits per heavy atom. The van der Waals surface area contributed by atoms with Gasteiger partial charge in [0.15, 0.2) is 0 Å². The molecule has 0 saturated heterocycles. The number of nitrogens with zero attached hydrogens (tertiary/aromatic N) is 1. The average Bonchev–Trinajstić information content (AvgIpc) is 2.85. The van der Waals surface area contributed by atoms with Gasteiger partial charge in [0.1, 0.15) is 29.1 Å². The third-order valence-electron chi connectivity index (χ3n) is 6.79. The van der Waals surface area contributed by atoms with E-state index in [-0.39, 0.29) is 30.5 Å². The lowest BCUT2D eigenvalue weighted by molar-refractivity contribution is -0.136. The number of phenols is 2. The maximum absolute atomic E-state index is 12.2. The summed E-state index contributed by atoms with van der Waals surface area (Å²) in [5, 5.41) is 40.3. The molecule has 0 aliphatic heterocycles. The van der Waals surface area contributed by atoms with Crippen molar-refractivity contribution in [2.45, 2.75) is 73.5 Å². The van der Waals surface area contributed by atoms with Crippen molar-refractivity contribution < 1.29 is 39.5 Å². The van der Waals surface area contributed by atoms with Crippen molar-refractivity contribution in [2.75, 3.05) is 20.2 Å². The number of aliphatic carboxylic acids is 2. The van der Waals surface area contributed by atoms with Gasteiger partial charge in [0.05, 0.1) is 12.2 Å². The number of rotatable bonds is 13. The van der Waals surface area contributed by atoms with Gasteiger partial charge >= 0.3 is 11.9 Å². The molecular formula is C30H41NO8. The lowest BCUT2D eigenvalue weighted by atomic mass is 9.96. The number of carboxylic acid groups (broad SMARTS) is 2. The number of aromatic hydroxyl groups is 2. The zero-order valence-corrected chi connectivity index (χ0v) is 24.1. The average molecular weight is 544 g/mol. The zero-order chi connectivity index (χ0) is 29.6. The first kappa shape index (κ1) is 31.5. The van der Waals surface area contributed by atoms with Gasteiger partial charge in [-0.15, -0.1) is 0 Å². The lowest BCUT2D eigenvalue weighted by Gasteiger charge is -2.29. The SMILES string of the molecule is CCCOc1c(C)c(C)c(O)c(C)c1CN(C)CC(Oc1cc(C)c(O)cc1C(C)C)/C(=C/C(=O)O)C(=O)O. The van der Waals surface area contributed by atoms with Gasteiger partial charge < -0.3 is 29.9 Å². The number of ether oxygens (including phenoxy) is 2. The summed E-state index contributed by atoms with van der Waals surface area (Å²) in [6.07, 6.45) is 0.285. The van der Waals surface area contributed by atoms with Crippen molar-refractivity contribution in [1.29, 1.82) is 0 Å². The Morgan fingerprint density at radius 3 is 2.21 bits per heavy atom. The molecule has 4 N–H and O–H groups in total. The number of aryl methyl sites for hydroxylation is 1. The minimum atomic E-state index is -1.41. The number of phenolic OH excluding ortho intramolecular Hbond substituents is 2. The van der Waals surface area contributed by atoms with E-state index in [1.165, 1.54) is 0 Å². The van der Waals surface area contributed by atoms with Gasteiger partial charge in [-0.1, -0.05) is 20.8 Å². The number of benzene rings is 2. The molecule has 1 unspecified atom stereocenters. The Labute approximate surface area is 230 Å². The van der Waals surface area contributed by atoms with Crippen LogP contribution < -0.4 is 9.47 Å². The van der Waals surface area contributed by atoms with Gasteiger partial charge in [0.2, 0.25) is 0 Å². The Kier molecular flexibility index (Phi) is 10.8. The smallest absolute Gasteiger partial charge is 0.335 e. The largest absolute Gasteiger partial charge is 0.508 e. The Bertz CT molecular complexity index is 1250. The number of hydrogen-bond donors (Lipinski definition) is 4. The Morgan fingerprint density at radius 2 is 1.67 bits per heavy atom. The molecule has 0 saturated carbocycles. The van der Waals surface area contributed by atoms with Gasteiger partial charge in [-0.25, -0.2) is 9.59 Å². The molecule has 9 heteroatoms. The summed E-state index contributed by atoms with van der Waals surface area (Å²) in [7, 11) is 1.76. The fourth-order valence-corrected chi connectivity index (χ4v) is 4.39. The van der Waals surface area contributed by atoms with E-state index in [0.29, 0.717) is 40.9 Å². The second kappa shape index (κ2) is 13.4. The van der Waals surface area contributed by atoms with Crippen LogP contribution in [0.5, 0.6) is 23.0 Å². The maximum atomic E-state index is 12.2. The molecule has 9 nitrogen and oxygen atoms in total. The molecule has 0 heterocycles. The lowest BCUT2D eigenvalue weighted by Crippen LogP contribution is -2.37. The van der Waals surface area contributed by atoms with E-state index in [4.69, 9.17) is 9.47 Å². The van der Waals surface area contributed by atoms with Crippen molar-refractivity contribution in [1.82, 2.24) is 4.90 Å². The quantitative estimate of drug-likeness (QED) is 0.251. The molecule has 0 aromatic heterocycles. The molecule has 0 spiro atoms. The van der Waals surface area contributed by atoms with Crippen molar-refractivity contribution in [2.24, 2.45) is 0 Å². The predicted molar refractivity (Wildman–Crippen MR) is 149 cm³/mol. The van der Waals surface area contributed by atoms with Crippen molar-refractivity contribution in [3.05, 3.63) is 57.2 Å². The minimum absolute atomic E-state index is 0.0171. The highest BCUT2D eigenvalue weighted by atomic mass is 16.5. The normalized spacial score (nSPS) is 12.6. The van der Waals surface area contributed by atoms with Gasteiger partial charge in [0, 0.05) is 30.3 Å². The summed E-state index contributed by atoms with van der Waals surface area (Å²) in [5.41, 5.74) is 3.75. The van der Waals surface area contributed by atoms with Gasteiger partial charge in [-0.05, 0) is 81.5 Å². The van der Waals surface area contributed by atoms with Gasteiger partial charge in [0.25, 0.3) is 0 Å². The highest BCUT2D eigenvalue weighted by molar-refractivity contribution is 5.95. The summed E-state index contributed by atoms with van der Waals surface area (Å²) in [4.78, 5) is 25.5. The molecule has 39 heavy (non-hydrogen) atoms. The fourth-order valence-electron chi connectivity index (χ4n) is 4.39. The predicted octanol–water partition coefficient (Wildman–Crippen LogP) is 5.22. The van der Waals surface area contributed by atoms with E-state index < -0.39 is 23.6 Å². The molecule has 0 amide bonds. The van der Waals surface area contributed by atoms with Crippen LogP contribution in [0.25, 0.3) is 0 Å². The first-order chi connectivity index (χ1) is 18.2. The first-order valence-electron chi connectivity index (χ1n) is 13.0. The van der Waals surface area contributed by atoms with E-state index in [9.17, 15) is 30.0 Å². The third-order valence-corrected chi connectivity index (χ3v) is 6.79. The first-order valence-corrected chi connectivity index (χ1v) is 13.0. The van der Waals surface area contributed by atoms with Crippen LogP contribution in [0.3, 0.4) is 0 Å². The molecule has 1 atom stereocenters. The standard InChI is InChI=1S/C30H41NO8/c1-9-10-38-29-19(6)18(5)28(35)20(7)23(29)14-31(8)15-26(22(30(36)37)13-27(33)34)39-25-11-17(4)24(32)12-21(25)16(2)3/h11-13,16,26,32,35H,9-10,14-15H2,1-8H3,(H,33,34)(H,36,37)/b22-13-. The number of carbonyl (C=O) groups is 2. The van der Waals surface area contributed by atoms with E-state index >= 15 is 0 Å². The third kappa shape index (κ3) is 7.66. The monoisotopic (exact) mass is 543 g/mol. The maximum Gasteiger partial charge on any atom is 0.335 e. The molecule has 0 aliphatic carbocycles. The van der Waals surface area contributed by atoms with E-state index in [1.807, 2.05) is 34.6 Å². The summed E-state index contributed by atoms with van der Waals surface area (Å²) < 4.78 is 12.3. The summed E-state index contributed by atoms with van der Waals surface area (Å²) >= 11 is 0. The molecule has 0 fully saturated rings. The van der Waals surface area contributed by atoms with Gasteiger partial charge in [-0.3, -0.25) is 4.90 Å². The molecule has 0 bridgehead atoms. The van der Waals surface area contributed by atoms with Crippen LogP contribution in [-0.4, -0.2) is 63.6 Å². The molecular weight excluding hydrogens is 502 g/mol. The van der Waals surface area contributed by atoms with Crippen molar-refractivity contribution in [3.8, 4) is 23.0 Å². The van der Waals surface area contributed by atoms with Crippen LogP contribution in [0.4, 0.5) is 0 Å². The van der Waals surface area contributed by atoms with Crippen LogP contribution in [0, 0.1) is 27.7 Å². The van der Waals surface area contributed by atoms with Crippen LogP contribution in [-0.2, 0) is 16.1 Å². The zero-order valence-electron chi connectivity index (χ0n) is 24.1. The number of carboxylic acids is 2. The van der Waals surface area contributed by atoms with E-state index in [2.05, 4.69) is 0 Å². The molecule has 2 aromatic carbocycles. The second-order valence-electron chi connectivity index (χ2n) is 10.3. The topological polar surface area (TPSA) is 137 Å².